The molecule has 2 amide bonds. The van der Waals surface area contributed by atoms with Gasteiger partial charge in [0, 0.05) is 0 Å². The van der Waals surface area contributed by atoms with E-state index in [1.165, 1.54) is 25.6 Å². The number of methoxy groups -OCH3 is 2. The summed E-state index contributed by atoms with van der Waals surface area (Å²) < 4.78 is 10.3. The number of thiophene rings is 1. The average Bonchev–Trinajstić information content (AvgIpc) is 2.94. The van der Waals surface area contributed by atoms with Gasteiger partial charge in [0.05, 0.1) is 25.3 Å². The number of primary amides is 1. The summed E-state index contributed by atoms with van der Waals surface area (Å²) in [6, 6.07) is 6.45. The standard InChI is InChI=1S/C14H14N2O4S/c1-19-8-3-4-11(20-2)10(7-8)13(18)16-14-9(12(15)17)5-6-21-14/h3-7H,1-2H3,(H2,15,17)(H,16,18). The lowest BCUT2D eigenvalue weighted by atomic mass is 10.1. The van der Waals surface area contributed by atoms with Crippen molar-refractivity contribution in [2.24, 2.45) is 5.73 Å². The van der Waals surface area contributed by atoms with Crippen LogP contribution in [0.1, 0.15) is 20.7 Å². The maximum absolute atomic E-state index is 12.3. The number of anilines is 1. The Morgan fingerprint density at radius 2 is 1.90 bits per heavy atom. The highest BCUT2D eigenvalue weighted by molar-refractivity contribution is 7.14. The molecule has 1 heterocycles. The molecule has 0 saturated heterocycles. The van der Waals surface area contributed by atoms with Gasteiger partial charge in [-0.2, -0.15) is 0 Å². The first kappa shape index (κ1) is 14.9. The number of hydrogen-bond donors (Lipinski definition) is 2. The van der Waals surface area contributed by atoms with Gasteiger partial charge >= 0.3 is 0 Å². The lowest BCUT2D eigenvalue weighted by molar-refractivity contribution is 0.100. The van der Waals surface area contributed by atoms with Gasteiger partial charge in [0.2, 0.25) is 0 Å². The predicted molar refractivity (Wildman–Crippen MR) is 80.3 cm³/mol. The molecule has 21 heavy (non-hydrogen) atoms. The molecule has 1 aromatic heterocycles. The highest BCUT2D eigenvalue weighted by Crippen LogP contribution is 2.27. The monoisotopic (exact) mass is 306 g/mol. The van der Waals surface area contributed by atoms with Gasteiger partial charge in [-0.1, -0.05) is 0 Å². The van der Waals surface area contributed by atoms with Gasteiger partial charge in [-0.3, -0.25) is 9.59 Å². The zero-order valence-corrected chi connectivity index (χ0v) is 12.3. The second kappa shape index (κ2) is 6.27. The molecule has 0 bridgehead atoms. The lowest BCUT2D eigenvalue weighted by Gasteiger charge is -2.10. The predicted octanol–water partition coefficient (Wildman–Crippen LogP) is 2.12. The Morgan fingerprint density at radius 1 is 1.14 bits per heavy atom. The molecular formula is C14H14N2O4S. The van der Waals surface area contributed by atoms with E-state index < -0.39 is 11.8 Å². The molecule has 0 aliphatic heterocycles. The fourth-order valence-corrected chi connectivity index (χ4v) is 2.55. The maximum Gasteiger partial charge on any atom is 0.260 e. The fraction of sp³-hybridized carbons (Fsp3) is 0.143. The second-order valence-corrected chi connectivity index (χ2v) is 4.96. The summed E-state index contributed by atoms with van der Waals surface area (Å²) in [6.07, 6.45) is 0. The summed E-state index contributed by atoms with van der Waals surface area (Å²) in [6.45, 7) is 0. The SMILES string of the molecule is COc1ccc(OC)c(C(=O)Nc2sccc2C(N)=O)c1. The lowest BCUT2D eigenvalue weighted by Crippen LogP contribution is -2.17. The van der Waals surface area contributed by atoms with E-state index in [4.69, 9.17) is 15.2 Å². The minimum Gasteiger partial charge on any atom is -0.497 e. The molecule has 0 spiro atoms. The van der Waals surface area contributed by atoms with Gasteiger partial charge in [-0.15, -0.1) is 11.3 Å². The molecular weight excluding hydrogens is 292 g/mol. The van der Waals surface area contributed by atoms with Gasteiger partial charge in [-0.05, 0) is 29.6 Å². The Balaban J connectivity index is 2.31. The Bertz CT molecular complexity index is 681. The number of nitrogens with two attached hydrogens (primary N) is 1. The Morgan fingerprint density at radius 3 is 2.52 bits per heavy atom. The molecule has 3 N–H and O–H groups in total. The summed E-state index contributed by atoms with van der Waals surface area (Å²) in [7, 11) is 2.98. The molecule has 0 aliphatic carbocycles. The molecule has 2 rings (SSSR count). The van der Waals surface area contributed by atoms with Crippen LogP contribution in [0, 0.1) is 0 Å². The number of benzene rings is 1. The van der Waals surface area contributed by atoms with Crippen LogP contribution < -0.4 is 20.5 Å². The second-order valence-electron chi connectivity index (χ2n) is 4.05. The Hall–Kier alpha value is -2.54. The molecule has 0 atom stereocenters. The number of carbonyl (C=O) groups is 2. The van der Waals surface area contributed by atoms with E-state index in [1.54, 1.807) is 29.6 Å². The van der Waals surface area contributed by atoms with E-state index >= 15 is 0 Å². The number of amides is 2. The van der Waals surface area contributed by atoms with Crippen molar-refractivity contribution in [1.29, 1.82) is 0 Å². The molecule has 0 fully saturated rings. The minimum atomic E-state index is -0.593. The van der Waals surface area contributed by atoms with Crippen molar-refractivity contribution in [3.63, 3.8) is 0 Å². The molecule has 0 aliphatic rings. The quantitative estimate of drug-likeness (QED) is 0.885. The number of ether oxygens (including phenoxy) is 2. The number of nitrogens with one attached hydrogen (secondary N) is 1. The summed E-state index contributed by atoms with van der Waals surface area (Å²) in [5.41, 5.74) is 5.83. The third-order valence-electron chi connectivity index (χ3n) is 2.81. The number of hydrogen-bond acceptors (Lipinski definition) is 5. The third-order valence-corrected chi connectivity index (χ3v) is 3.64. The van der Waals surface area contributed by atoms with E-state index in [1.807, 2.05) is 0 Å². The van der Waals surface area contributed by atoms with E-state index in [2.05, 4.69) is 5.32 Å². The first-order valence-electron chi connectivity index (χ1n) is 5.97. The third kappa shape index (κ3) is 3.14. The smallest absolute Gasteiger partial charge is 0.260 e. The van der Waals surface area contributed by atoms with Crippen molar-refractivity contribution in [3.8, 4) is 11.5 Å². The first-order chi connectivity index (χ1) is 10.1. The Labute approximate surface area is 125 Å². The van der Waals surface area contributed by atoms with Crippen LogP contribution in [0.2, 0.25) is 0 Å². The van der Waals surface area contributed by atoms with Crippen molar-refractivity contribution in [3.05, 3.63) is 40.8 Å². The molecule has 110 valence electrons. The molecule has 0 unspecified atom stereocenters. The summed E-state index contributed by atoms with van der Waals surface area (Å²) in [4.78, 5) is 23.6. The van der Waals surface area contributed by atoms with Crippen LogP contribution in [0.4, 0.5) is 5.00 Å². The van der Waals surface area contributed by atoms with E-state index in [-0.39, 0.29) is 5.56 Å². The molecule has 1 aromatic carbocycles. The highest BCUT2D eigenvalue weighted by Gasteiger charge is 2.17. The van der Waals surface area contributed by atoms with E-state index in [0.29, 0.717) is 22.1 Å². The van der Waals surface area contributed by atoms with Crippen molar-refractivity contribution >= 4 is 28.2 Å². The number of rotatable bonds is 5. The van der Waals surface area contributed by atoms with Crippen LogP contribution in [0.5, 0.6) is 11.5 Å². The Kier molecular flexibility index (Phi) is 4.44. The molecule has 7 heteroatoms. The summed E-state index contributed by atoms with van der Waals surface area (Å²) >= 11 is 1.22. The summed E-state index contributed by atoms with van der Waals surface area (Å²) in [5.74, 6) is -0.0624. The van der Waals surface area contributed by atoms with Crippen LogP contribution >= 0.6 is 11.3 Å². The summed E-state index contributed by atoms with van der Waals surface area (Å²) in [5, 5.41) is 4.74. The normalized spacial score (nSPS) is 10.0. The zero-order chi connectivity index (χ0) is 15.4. The molecule has 2 aromatic rings. The highest BCUT2D eigenvalue weighted by atomic mass is 32.1. The van der Waals surface area contributed by atoms with Crippen LogP contribution in [0.3, 0.4) is 0 Å². The maximum atomic E-state index is 12.3. The minimum absolute atomic E-state index is 0.273. The van der Waals surface area contributed by atoms with Crippen molar-refractivity contribution < 1.29 is 19.1 Å². The molecule has 0 saturated carbocycles. The fourth-order valence-electron chi connectivity index (χ4n) is 1.76. The van der Waals surface area contributed by atoms with Crippen molar-refractivity contribution in [2.75, 3.05) is 19.5 Å². The largest absolute Gasteiger partial charge is 0.497 e. The first-order valence-corrected chi connectivity index (χ1v) is 6.85. The van der Waals surface area contributed by atoms with E-state index in [0.717, 1.165) is 0 Å². The van der Waals surface area contributed by atoms with Crippen LogP contribution in [0.15, 0.2) is 29.6 Å². The number of carbonyl (C=O) groups excluding carboxylic acids is 2. The van der Waals surface area contributed by atoms with Crippen molar-refractivity contribution in [1.82, 2.24) is 0 Å². The van der Waals surface area contributed by atoms with Gasteiger partial charge in [-0.25, -0.2) is 0 Å². The van der Waals surface area contributed by atoms with Crippen LogP contribution in [-0.4, -0.2) is 26.0 Å². The molecule has 6 nitrogen and oxygen atoms in total. The van der Waals surface area contributed by atoms with Gasteiger partial charge < -0.3 is 20.5 Å². The zero-order valence-electron chi connectivity index (χ0n) is 11.5. The van der Waals surface area contributed by atoms with Crippen LogP contribution in [-0.2, 0) is 0 Å². The average molecular weight is 306 g/mol. The topological polar surface area (TPSA) is 90.7 Å². The molecule has 0 radical (unpaired) electrons. The van der Waals surface area contributed by atoms with Gasteiger partial charge in [0.15, 0.2) is 0 Å². The van der Waals surface area contributed by atoms with Gasteiger partial charge in [0.25, 0.3) is 11.8 Å². The van der Waals surface area contributed by atoms with E-state index in [9.17, 15) is 9.59 Å². The van der Waals surface area contributed by atoms with Gasteiger partial charge in [0.1, 0.15) is 16.5 Å². The van der Waals surface area contributed by atoms with Crippen LogP contribution in [0.25, 0.3) is 0 Å². The van der Waals surface area contributed by atoms with Crippen molar-refractivity contribution in [2.45, 2.75) is 0 Å².